The standard InChI is InChI=1S/C14H24N4O2.ClH/c1-3-5-12-16-13(20-17-12)6-4-7-14(19)18-9-8-15-10-11(18)2;/h11,15H,3-10H2,1-2H3;1H. The van der Waals surface area contributed by atoms with Gasteiger partial charge in [0.25, 0.3) is 0 Å². The molecule has 0 aliphatic carbocycles. The molecule has 1 amide bonds. The molecule has 0 radical (unpaired) electrons. The molecule has 1 aliphatic heterocycles. The molecule has 2 heterocycles. The van der Waals surface area contributed by atoms with Gasteiger partial charge in [0.15, 0.2) is 5.82 Å². The van der Waals surface area contributed by atoms with Crippen molar-refractivity contribution in [3.63, 3.8) is 0 Å². The smallest absolute Gasteiger partial charge is 0.226 e. The highest BCUT2D eigenvalue weighted by Gasteiger charge is 2.22. The second-order valence-corrected chi connectivity index (χ2v) is 5.35. The summed E-state index contributed by atoms with van der Waals surface area (Å²) in [5.41, 5.74) is 0. The van der Waals surface area contributed by atoms with E-state index in [1.807, 2.05) is 4.90 Å². The molecule has 1 aliphatic rings. The third-order valence-corrected chi connectivity index (χ3v) is 3.59. The van der Waals surface area contributed by atoms with Crippen LogP contribution in [0.25, 0.3) is 0 Å². The van der Waals surface area contributed by atoms with Crippen LogP contribution in [-0.2, 0) is 17.6 Å². The maximum absolute atomic E-state index is 12.1. The van der Waals surface area contributed by atoms with Crippen LogP contribution in [0.2, 0.25) is 0 Å². The van der Waals surface area contributed by atoms with Crippen LogP contribution in [0.5, 0.6) is 0 Å². The lowest BCUT2D eigenvalue weighted by atomic mass is 10.1. The molecular formula is C14H25ClN4O2. The molecule has 6 nitrogen and oxygen atoms in total. The van der Waals surface area contributed by atoms with E-state index in [-0.39, 0.29) is 24.4 Å². The number of hydrogen-bond donors (Lipinski definition) is 1. The number of rotatable bonds is 6. The first kappa shape index (κ1) is 17.9. The number of piperazine rings is 1. The highest BCUT2D eigenvalue weighted by molar-refractivity contribution is 5.85. The molecule has 2 rings (SSSR count). The van der Waals surface area contributed by atoms with Crippen molar-refractivity contribution >= 4 is 18.3 Å². The summed E-state index contributed by atoms with van der Waals surface area (Å²) in [6.07, 6.45) is 3.86. The molecule has 7 heteroatoms. The molecule has 1 unspecified atom stereocenters. The van der Waals surface area contributed by atoms with E-state index >= 15 is 0 Å². The maximum Gasteiger partial charge on any atom is 0.226 e. The van der Waals surface area contributed by atoms with Crippen LogP contribution in [0.1, 0.15) is 44.8 Å². The monoisotopic (exact) mass is 316 g/mol. The van der Waals surface area contributed by atoms with E-state index in [9.17, 15) is 4.79 Å². The van der Waals surface area contributed by atoms with Crippen LogP contribution in [0.4, 0.5) is 0 Å². The molecule has 0 spiro atoms. The molecule has 1 aromatic rings. The van der Waals surface area contributed by atoms with E-state index in [1.165, 1.54) is 0 Å². The highest BCUT2D eigenvalue weighted by Crippen LogP contribution is 2.09. The summed E-state index contributed by atoms with van der Waals surface area (Å²) < 4.78 is 5.17. The summed E-state index contributed by atoms with van der Waals surface area (Å²) in [6, 6.07) is 0.288. The molecule has 1 N–H and O–H groups in total. The van der Waals surface area contributed by atoms with E-state index in [0.717, 1.165) is 44.7 Å². The van der Waals surface area contributed by atoms with Crippen molar-refractivity contribution in [2.24, 2.45) is 0 Å². The molecule has 1 saturated heterocycles. The van der Waals surface area contributed by atoms with Gasteiger partial charge < -0.3 is 14.7 Å². The van der Waals surface area contributed by atoms with E-state index in [1.54, 1.807) is 0 Å². The molecule has 0 aromatic carbocycles. The fourth-order valence-corrected chi connectivity index (χ4v) is 2.46. The summed E-state index contributed by atoms with van der Waals surface area (Å²) in [7, 11) is 0. The van der Waals surface area contributed by atoms with Gasteiger partial charge >= 0.3 is 0 Å². The normalized spacial score (nSPS) is 18.4. The van der Waals surface area contributed by atoms with Crippen molar-refractivity contribution in [3.8, 4) is 0 Å². The summed E-state index contributed by atoms with van der Waals surface area (Å²) in [5.74, 6) is 1.64. The lowest BCUT2D eigenvalue weighted by Crippen LogP contribution is -2.52. The molecule has 0 saturated carbocycles. The van der Waals surface area contributed by atoms with Gasteiger partial charge in [0.2, 0.25) is 11.8 Å². The quantitative estimate of drug-likeness (QED) is 0.863. The first-order valence-corrected chi connectivity index (χ1v) is 7.52. The fourth-order valence-electron chi connectivity index (χ4n) is 2.46. The van der Waals surface area contributed by atoms with E-state index in [2.05, 4.69) is 29.3 Å². The second kappa shape index (κ2) is 9.00. The number of nitrogens with zero attached hydrogens (tertiary/aromatic N) is 3. The highest BCUT2D eigenvalue weighted by atomic mass is 35.5. The Kier molecular flexibility index (Phi) is 7.67. The first-order valence-electron chi connectivity index (χ1n) is 7.52. The van der Waals surface area contributed by atoms with Crippen molar-refractivity contribution in [1.29, 1.82) is 0 Å². The number of carbonyl (C=O) groups is 1. The van der Waals surface area contributed by atoms with Gasteiger partial charge in [-0.25, -0.2) is 0 Å². The van der Waals surface area contributed by atoms with Crippen LogP contribution < -0.4 is 5.32 Å². The van der Waals surface area contributed by atoms with Gasteiger partial charge in [0.05, 0.1) is 0 Å². The molecule has 21 heavy (non-hydrogen) atoms. The number of carbonyl (C=O) groups excluding carboxylic acids is 1. The zero-order chi connectivity index (χ0) is 14.4. The predicted octanol–water partition coefficient (Wildman–Crippen LogP) is 1.59. The van der Waals surface area contributed by atoms with E-state index in [0.29, 0.717) is 18.7 Å². The van der Waals surface area contributed by atoms with Crippen molar-refractivity contribution in [3.05, 3.63) is 11.7 Å². The lowest BCUT2D eigenvalue weighted by molar-refractivity contribution is -0.134. The Balaban J connectivity index is 0.00000220. The van der Waals surface area contributed by atoms with Crippen molar-refractivity contribution < 1.29 is 9.32 Å². The predicted molar refractivity (Wildman–Crippen MR) is 82.5 cm³/mol. The summed E-state index contributed by atoms with van der Waals surface area (Å²) in [6.45, 7) is 6.75. The van der Waals surface area contributed by atoms with E-state index in [4.69, 9.17) is 4.52 Å². The number of halogens is 1. The lowest BCUT2D eigenvalue weighted by Gasteiger charge is -2.34. The minimum absolute atomic E-state index is 0. The zero-order valence-corrected chi connectivity index (χ0v) is 13.6. The van der Waals surface area contributed by atoms with Gasteiger partial charge in [-0.1, -0.05) is 12.1 Å². The van der Waals surface area contributed by atoms with Crippen LogP contribution in [0, 0.1) is 0 Å². The third-order valence-electron chi connectivity index (χ3n) is 3.59. The number of nitrogens with one attached hydrogen (secondary N) is 1. The first-order chi connectivity index (χ1) is 9.70. The Hall–Kier alpha value is -1.14. The summed E-state index contributed by atoms with van der Waals surface area (Å²) >= 11 is 0. The molecule has 1 atom stereocenters. The van der Waals surface area contributed by atoms with Crippen LogP contribution in [0.3, 0.4) is 0 Å². The summed E-state index contributed by atoms with van der Waals surface area (Å²) in [4.78, 5) is 18.4. The number of hydrogen-bond acceptors (Lipinski definition) is 5. The van der Waals surface area contributed by atoms with E-state index < -0.39 is 0 Å². The number of aromatic nitrogens is 2. The Morgan fingerprint density at radius 3 is 3.00 bits per heavy atom. The minimum Gasteiger partial charge on any atom is -0.339 e. The zero-order valence-electron chi connectivity index (χ0n) is 12.8. The number of aryl methyl sites for hydroxylation is 2. The molecule has 1 fully saturated rings. The third kappa shape index (κ3) is 5.28. The molecule has 0 bridgehead atoms. The van der Waals surface area contributed by atoms with Crippen LogP contribution >= 0.6 is 12.4 Å². The van der Waals surface area contributed by atoms with Crippen LogP contribution in [0.15, 0.2) is 4.52 Å². The second-order valence-electron chi connectivity index (χ2n) is 5.35. The Labute approximate surface area is 132 Å². The molecule has 1 aromatic heterocycles. The van der Waals surface area contributed by atoms with Crippen molar-refractivity contribution in [1.82, 2.24) is 20.4 Å². The van der Waals surface area contributed by atoms with Gasteiger partial charge in [-0.15, -0.1) is 12.4 Å². The van der Waals surface area contributed by atoms with Gasteiger partial charge in [-0.3, -0.25) is 4.79 Å². The SMILES string of the molecule is CCCc1noc(CCCC(=O)N2CCNCC2C)n1.Cl. The van der Waals surface area contributed by atoms with Crippen molar-refractivity contribution in [2.75, 3.05) is 19.6 Å². The average molecular weight is 317 g/mol. The Bertz CT molecular complexity index is 438. The van der Waals surface area contributed by atoms with Crippen molar-refractivity contribution in [2.45, 2.75) is 52.0 Å². The van der Waals surface area contributed by atoms with Gasteiger partial charge in [0, 0.05) is 44.9 Å². The van der Waals surface area contributed by atoms with Gasteiger partial charge in [0.1, 0.15) is 0 Å². The van der Waals surface area contributed by atoms with Gasteiger partial charge in [-0.05, 0) is 19.8 Å². The maximum atomic E-state index is 12.1. The largest absolute Gasteiger partial charge is 0.339 e. The summed E-state index contributed by atoms with van der Waals surface area (Å²) in [5, 5.41) is 7.20. The number of amides is 1. The van der Waals surface area contributed by atoms with Gasteiger partial charge in [-0.2, -0.15) is 4.98 Å². The Morgan fingerprint density at radius 1 is 1.48 bits per heavy atom. The minimum atomic E-state index is 0. The average Bonchev–Trinajstić information content (AvgIpc) is 2.87. The Morgan fingerprint density at radius 2 is 2.29 bits per heavy atom. The molecular weight excluding hydrogens is 292 g/mol. The van der Waals surface area contributed by atoms with Crippen LogP contribution in [-0.4, -0.2) is 46.6 Å². The topological polar surface area (TPSA) is 71.3 Å². The fraction of sp³-hybridized carbons (Fsp3) is 0.786. The molecule has 120 valence electrons.